The number of halogens is 6. The van der Waals surface area contributed by atoms with Crippen molar-refractivity contribution in [1.29, 1.82) is 0 Å². The fourth-order valence-electron chi connectivity index (χ4n) is 3.17. The second kappa shape index (κ2) is 14.8. The van der Waals surface area contributed by atoms with Gasteiger partial charge in [0.2, 0.25) is 5.75 Å². The zero-order valence-electron chi connectivity index (χ0n) is 21.6. The van der Waals surface area contributed by atoms with Crippen LogP contribution < -0.4 is 14.2 Å². The number of nitrogens with zero attached hydrogens (tertiary/aromatic N) is 2. The fourth-order valence-corrected chi connectivity index (χ4v) is 3.17. The van der Waals surface area contributed by atoms with Crippen LogP contribution in [0.2, 0.25) is 0 Å². The van der Waals surface area contributed by atoms with E-state index in [9.17, 15) is 26.3 Å². The second-order valence-corrected chi connectivity index (χ2v) is 7.80. The molecule has 0 saturated carbocycles. The summed E-state index contributed by atoms with van der Waals surface area (Å²) in [6.07, 6.45) is -8.35. The predicted molar refractivity (Wildman–Crippen MR) is 130 cm³/mol. The van der Waals surface area contributed by atoms with Gasteiger partial charge in [0, 0.05) is 30.2 Å². The molecular weight excluding hydrogens is 554 g/mol. The number of aliphatic carboxylic acids is 2. The first-order chi connectivity index (χ1) is 18.5. The molecule has 0 aliphatic rings. The summed E-state index contributed by atoms with van der Waals surface area (Å²) >= 11 is 0. The third-order valence-corrected chi connectivity index (χ3v) is 4.83. The number of carboxylic acid groups (broad SMARTS) is 2. The number of hydrogen-bond acceptors (Lipinski definition) is 7. The van der Waals surface area contributed by atoms with Crippen LogP contribution in [-0.2, 0) is 22.7 Å². The van der Waals surface area contributed by atoms with Crippen molar-refractivity contribution < 1.29 is 60.4 Å². The van der Waals surface area contributed by atoms with E-state index < -0.39 is 24.3 Å². The van der Waals surface area contributed by atoms with Gasteiger partial charge >= 0.3 is 24.3 Å². The number of rotatable bonds is 7. The number of aromatic nitrogens is 1. The van der Waals surface area contributed by atoms with Crippen molar-refractivity contribution in [2.24, 2.45) is 0 Å². The summed E-state index contributed by atoms with van der Waals surface area (Å²) < 4.78 is 79.9. The van der Waals surface area contributed by atoms with Gasteiger partial charge in [-0.3, -0.25) is 9.88 Å². The molecule has 2 aromatic carbocycles. The summed E-state index contributed by atoms with van der Waals surface area (Å²) in [6, 6.07) is 14.3. The number of fused-ring (bicyclic) bond motifs is 1. The number of carboxylic acids is 2. The Balaban J connectivity index is 0.000000473. The molecule has 0 atom stereocenters. The molecule has 0 aliphatic carbocycles. The minimum Gasteiger partial charge on any atom is -0.493 e. The molecule has 0 aliphatic heterocycles. The van der Waals surface area contributed by atoms with Gasteiger partial charge in [0.25, 0.3) is 0 Å². The second-order valence-electron chi connectivity index (χ2n) is 7.80. The number of hydrogen-bond donors (Lipinski definition) is 2. The Morgan fingerprint density at radius 3 is 1.85 bits per heavy atom. The average Bonchev–Trinajstić information content (AvgIpc) is 2.87. The summed E-state index contributed by atoms with van der Waals surface area (Å²) in [6.45, 7) is 1.55. The van der Waals surface area contributed by atoms with Gasteiger partial charge < -0.3 is 24.4 Å². The third kappa shape index (κ3) is 10.5. The molecule has 15 heteroatoms. The largest absolute Gasteiger partial charge is 0.493 e. The monoisotopic (exact) mass is 580 g/mol. The number of methoxy groups -OCH3 is 3. The topological polar surface area (TPSA) is 118 Å². The minimum absolute atomic E-state index is 0.623. The van der Waals surface area contributed by atoms with Crippen LogP contribution in [0, 0.1) is 0 Å². The van der Waals surface area contributed by atoms with Gasteiger partial charge in [-0.2, -0.15) is 26.3 Å². The van der Waals surface area contributed by atoms with Crippen LogP contribution >= 0.6 is 0 Å². The number of ether oxygens (including phenoxy) is 3. The molecule has 0 radical (unpaired) electrons. The first-order valence-corrected chi connectivity index (χ1v) is 10.9. The molecule has 220 valence electrons. The average molecular weight is 580 g/mol. The van der Waals surface area contributed by atoms with Crippen molar-refractivity contribution in [2.45, 2.75) is 25.4 Å². The van der Waals surface area contributed by atoms with Crippen molar-refractivity contribution in [1.82, 2.24) is 9.88 Å². The van der Waals surface area contributed by atoms with E-state index in [4.69, 9.17) is 34.0 Å². The molecule has 0 saturated heterocycles. The third-order valence-electron chi connectivity index (χ3n) is 4.83. The highest BCUT2D eigenvalue weighted by Gasteiger charge is 2.38. The first-order valence-electron chi connectivity index (χ1n) is 10.9. The van der Waals surface area contributed by atoms with Crippen LogP contribution in [0.3, 0.4) is 0 Å². The lowest BCUT2D eigenvalue weighted by Gasteiger charge is -2.21. The summed E-state index contributed by atoms with van der Waals surface area (Å²) in [5.41, 5.74) is 3.31. The standard InChI is InChI=1S/C21H24N2O3.2C2HF3O2/c1-23(13-15-7-9-18-16(12-15)6-5-11-22-18)14-17-8-10-19(24-2)21(26-4)20(17)25-3;2*3-2(4,5)1(6)7/h5-12H,13-14H2,1-4H3;2*(H,6,7). The van der Waals surface area contributed by atoms with E-state index in [0.29, 0.717) is 17.2 Å². The number of benzene rings is 2. The molecule has 1 aromatic heterocycles. The van der Waals surface area contributed by atoms with Crippen molar-refractivity contribution in [3.8, 4) is 17.2 Å². The predicted octanol–water partition coefficient (Wildman–Crippen LogP) is 5.16. The quantitative estimate of drug-likeness (QED) is 0.366. The van der Waals surface area contributed by atoms with Gasteiger partial charge in [-0.1, -0.05) is 18.2 Å². The molecular formula is C25H26F6N2O7. The molecule has 0 unspecified atom stereocenters. The van der Waals surface area contributed by atoms with Gasteiger partial charge in [0.15, 0.2) is 11.5 Å². The normalized spacial score (nSPS) is 11.1. The Morgan fingerprint density at radius 1 is 0.825 bits per heavy atom. The van der Waals surface area contributed by atoms with E-state index in [2.05, 4.69) is 41.2 Å². The van der Waals surface area contributed by atoms with E-state index in [0.717, 1.165) is 29.6 Å². The minimum atomic E-state index is -5.08. The summed E-state index contributed by atoms with van der Waals surface area (Å²) in [5, 5.41) is 15.4. The van der Waals surface area contributed by atoms with Crippen LogP contribution in [0.4, 0.5) is 26.3 Å². The molecule has 0 fully saturated rings. The van der Waals surface area contributed by atoms with E-state index in [-0.39, 0.29) is 0 Å². The van der Waals surface area contributed by atoms with Gasteiger partial charge in [-0.05, 0) is 36.9 Å². The first kappa shape index (κ1) is 33.8. The van der Waals surface area contributed by atoms with Crippen molar-refractivity contribution in [3.05, 3.63) is 59.8 Å². The number of pyridine rings is 1. The van der Waals surface area contributed by atoms with Gasteiger partial charge in [0.05, 0.1) is 26.8 Å². The molecule has 1 heterocycles. The summed E-state index contributed by atoms with van der Waals surface area (Å²) in [7, 11) is 6.98. The molecule has 2 N–H and O–H groups in total. The Morgan fingerprint density at radius 2 is 1.38 bits per heavy atom. The lowest BCUT2D eigenvalue weighted by molar-refractivity contribution is -0.193. The maximum Gasteiger partial charge on any atom is 0.490 e. The van der Waals surface area contributed by atoms with Crippen LogP contribution in [0.1, 0.15) is 11.1 Å². The molecule has 9 nitrogen and oxygen atoms in total. The highest BCUT2D eigenvalue weighted by Crippen LogP contribution is 2.40. The van der Waals surface area contributed by atoms with E-state index in [1.807, 2.05) is 24.4 Å². The Hall–Kier alpha value is -4.27. The molecule has 0 spiro atoms. The van der Waals surface area contributed by atoms with E-state index >= 15 is 0 Å². The smallest absolute Gasteiger partial charge is 0.490 e. The van der Waals surface area contributed by atoms with Crippen LogP contribution in [0.5, 0.6) is 17.2 Å². The lowest BCUT2D eigenvalue weighted by atomic mass is 10.1. The number of carbonyl (C=O) groups is 2. The zero-order valence-corrected chi connectivity index (χ0v) is 21.6. The summed E-state index contributed by atoms with van der Waals surface area (Å²) in [4.78, 5) is 24.4. The Kier molecular flexibility index (Phi) is 12.5. The number of alkyl halides is 6. The fraction of sp³-hybridized carbons (Fsp3) is 0.320. The van der Waals surface area contributed by atoms with Crippen molar-refractivity contribution in [2.75, 3.05) is 28.4 Å². The molecule has 0 amide bonds. The Labute approximate surface area is 224 Å². The molecule has 3 rings (SSSR count). The Bertz CT molecular complexity index is 1260. The maximum atomic E-state index is 10.6. The summed E-state index contributed by atoms with van der Waals surface area (Å²) in [5.74, 6) is -3.52. The van der Waals surface area contributed by atoms with Gasteiger partial charge in [-0.15, -0.1) is 0 Å². The van der Waals surface area contributed by atoms with Crippen LogP contribution in [-0.4, -0.2) is 72.8 Å². The molecule has 40 heavy (non-hydrogen) atoms. The maximum absolute atomic E-state index is 10.6. The highest BCUT2D eigenvalue weighted by atomic mass is 19.4. The lowest BCUT2D eigenvalue weighted by Crippen LogP contribution is -2.21. The molecule has 3 aromatic rings. The van der Waals surface area contributed by atoms with E-state index in [1.54, 1.807) is 21.3 Å². The van der Waals surface area contributed by atoms with Gasteiger partial charge in [-0.25, -0.2) is 9.59 Å². The van der Waals surface area contributed by atoms with Crippen molar-refractivity contribution >= 4 is 22.8 Å². The highest BCUT2D eigenvalue weighted by molar-refractivity contribution is 5.78. The molecule has 0 bridgehead atoms. The zero-order chi connectivity index (χ0) is 30.7. The van der Waals surface area contributed by atoms with E-state index in [1.165, 1.54) is 5.56 Å². The van der Waals surface area contributed by atoms with Crippen LogP contribution in [0.15, 0.2) is 48.7 Å². The van der Waals surface area contributed by atoms with Crippen molar-refractivity contribution in [3.63, 3.8) is 0 Å². The SMILES string of the molecule is COc1ccc(CN(C)Cc2ccc3ncccc3c2)c(OC)c1OC.O=C(O)C(F)(F)F.O=C(O)C(F)(F)F. The van der Waals surface area contributed by atoms with Gasteiger partial charge in [0.1, 0.15) is 0 Å². The van der Waals surface area contributed by atoms with Crippen LogP contribution in [0.25, 0.3) is 10.9 Å².